The molecule has 0 unspecified atom stereocenters. The van der Waals surface area contributed by atoms with E-state index in [0.29, 0.717) is 17.8 Å². The van der Waals surface area contributed by atoms with E-state index in [0.717, 1.165) is 13.0 Å². The molecule has 0 aliphatic carbocycles. The van der Waals surface area contributed by atoms with Crippen LogP contribution >= 0.6 is 11.3 Å². The molecule has 3 heterocycles. The molecule has 0 bridgehead atoms. The van der Waals surface area contributed by atoms with E-state index in [9.17, 15) is 0 Å². The first-order valence-corrected chi connectivity index (χ1v) is 7.33. The van der Waals surface area contributed by atoms with Crippen molar-refractivity contribution in [2.75, 3.05) is 24.2 Å². The second-order valence-corrected chi connectivity index (χ2v) is 4.96. The van der Waals surface area contributed by atoms with Crippen LogP contribution in [0.5, 0.6) is 0 Å². The zero-order valence-electron chi connectivity index (χ0n) is 11.4. The first-order valence-electron chi connectivity index (χ1n) is 6.39. The zero-order chi connectivity index (χ0) is 14.5. The van der Waals surface area contributed by atoms with Crippen LogP contribution in [-0.2, 0) is 6.42 Å². The molecular formula is C12H14N8S. The highest BCUT2D eigenvalue weighted by atomic mass is 32.1. The molecule has 0 amide bonds. The van der Waals surface area contributed by atoms with Crippen LogP contribution in [0.4, 0.5) is 11.9 Å². The van der Waals surface area contributed by atoms with Gasteiger partial charge in [-0.15, -0.1) is 0 Å². The van der Waals surface area contributed by atoms with Gasteiger partial charge in [0.2, 0.25) is 11.9 Å². The number of aromatic nitrogens is 6. The molecular weight excluding hydrogens is 288 g/mol. The average molecular weight is 302 g/mol. The first kappa shape index (κ1) is 13.4. The Bertz CT molecular complexity index is 679. The molecule has 21 heavy (non-hydrogen) atoms. The molecule has 8 nitrogen and oxygen atoms in total. The summed E-state index contributed by atoms with van der Waals surface area (Å²) in [5, 5.41) is 14.3. The Morgan fingerprint density at radius 2 is 2.14 bits per heavy atom. The number of hydrogen-bond acceptors (Lipinski definition) is 8. The van der Waals surface area contributed by atoms with Gasteiger partial charge >= 0.3 is 0 Å². The maximum atomic E-state index is 4.33. The zero-order valence-corrected chi connectivity index (χ0v) is 12.2. The monoisotopic (exact) mass is 302 g/mol. The average Bonchev–Trinajstić information content (AvgIpc) is 3.20. The van der Waals surface area contributed by atoms with Crippen molar-refractivity contribution in [3.63, 3.8) is 0 Å². The summed E-state index contributed by atoms with van der Waals surface area (Å²) < 4.78 is 1.49. The van der Waals surface area contributed by atoms with Gasteiger partial charge in [-0.2, -0.15) is 36.1 Å². The molecule has 0 saturated carbocycles. The highest BCUT2D eigenvalue weighted by Crippen LogP contribution is 2.09. The van der Waals surface area contributed by atoms with E-state index >= 15 is 0 Å². The maximum absolute atomic E-state index is 4.33. The predicted molar refractivity (Wildman–Crippen MR) is 80.8 cm³/mol. The molecule has 3 aromatic heterocycles. The number of anilines is 2. The molecule has 0 aliphatic rings. The summed E-state index contributed by atoms with van der Waals surface area (Å²) in [6.45, 7) is 0.751. The summed E-state index contributed by atoms with van der Waals surface area (Å²) in [6.07, 6.45) is 3.90. The van der Waals surface area contributed by atoms with Crippen LogP contribution in [0.25, 0.3) is 5.95 Å². The number of hydrogen-bond donors (Lipinski definition) is 2. The van der Waals surface area contributed by atoms with Gasteiger partial charge in [0.15, 0.2) is 0 Å². The molecule has 108 valence electrons. The lowest BCUT2D eigenvalue weighted by molar-refractivity contribution is 0.795. The molecule has 3 aromatic rings. The van der Waals surface area contributed by atoms with Gasteiger partial charge in [-0.1, -0.05) is 0 Å². The first-order chi connectivity index (χ1) is 10.3. The number of nitrogens with one attached hydrogen (secondary N) is 2. The summed E-state index contributed by atoms with van der Waals surface area (Å²) in [6, 6.07) is 2.11. The lowest BCUT2D eigenvalue weighted by Gasteiger charge is -2.07. The van der Waals surface area contributed by atoms with E-state index in [1.807, 2.05) is 0 Å². The lowest BCUT2D eigenvalue weighted by atomic mass is 10.2. The Morgan fingerprint density at radius 3 is 2.86 bits per heavy atom. The van der Waals surface area contributed by atoms with Crippen LogP contribution in [0.3, 0.4) is 0 Å². The highest BCUT2D eigenvalue weighted by Gasteiger charge is 2.07. The third-order valence-corrected chi connectivity index (χ3v) is 3.48. The fraction of sp³-hybridized carbons (Fsp3) is 0.250. The van der Waals surface area contributed by atoms with E-state index < -0.39 is 0 Å². The second-order valence-electron chi connectivity index (χ2n) is 4.18. The third-order valence-electron chi connectivity index (χ3n) is 2.75. The minimum absolute atomic E-state index is 0.421. The van der Waals surface area contributed by atoms with Crippen LogP contribution < -0.4 is 10.6 Å². The van der Waals surface area contributed by atoms with E-state index in [1.54, 1.807) is 24.7 Å². The fourth-order valence-electron chi connectivity index (χ4n) is 1.72. The summed E-state index contributed by atoms with van der Waals surface area (Å²) in [5.41, 5.74) is 1.30. The lowest BCUT2D eigenvalue weighted by Crippen LogP contribution is -2.13. The molecule has 3 rings (SSSR count). The van der Waals surface area contributed by atoms with Gasteiger partial charge in [-0.25, -0.2) is 4.98 Å². The van der Waals surface area contributed by atoms with Crippen molar-refractivity contribution in [3.8, 4) is 5.95 Å². The molecule has 0 saturated heterocycles. The van der Waals surface area contributed by atoms with E-state index in [4.69, 9.17) is 0 Å². The van der Waals surface area contributed by atoms with Crippen LogP contribution in [0.2, 0.25) is 0 Å². The Kier molecular flexibility index (Phi) is 4.01. The number of thiophene rings is 1. The van der Waals surface area contributed by atoms with Crippen molar-refractivity contribution in [1.82, 2.24) is 29.7 Å². The van der Waals surface area contributed by atoms with E-state index in [2.05, 4.69) is 52.5 Å². The fourth-order valence-corrected chi connectivity index (χ4v) is 2.43. The number of nitrogens with zero attached hydrogens (tertiary/aromatic N) is 6. The highest BCUT2D eigenvalue weighted by molar-refractivity contribution is 7.07. The largest absolute Gasteiger partial charge is 0.357 e. The van der Waals surface area contributed by atoms with Crippen molar-refractivity contribution >= 4 is 23.2 Å². The normalized spacial score (nSPS) is 10.5. The van der Waals surface area contributed by atoms with Crippen LogP contribution in [0.15, 0.2) is 29.5 Å². The van der Waals surface area contributed by atoms with E-state index in [-0.39, 0.29) is 0 Å². The summed E-state index contributed by atoms with van der Waals surface area (Å²) >= 11 is 1.70. The number of rotatable bonds is 6. The van der Waals surface area contributed by atoms with Gasteiger partial charge in [-0.05, 0) is 28.8 Å². The molecule has 0 spiro atoms. The quantitative estimate of drug-likeness (QED) is 0.707. The van der Waals surface area contributed by atoms with Crippen molar-refractivity contribution in [2.45, 2.75) is 6.42 Å². The Hall–Kier alpha value is -2.55. The van der Waals surface area contributed by atoms with Gasteiger partial charge in [0.1, 0.15) is 12.7 Å². The van der Waals surface area contributed by atoms with Gasteiger partial charge in [0.05, 0.1) is 0 Å². The van der Waals surface area contributed by atoms with Crippen LogP contribution in [0.1, 0.15) is 5.56 Å². The van der Waals surface area contributed by atoms with Crippen molar-refractivity contribution in [3.05, 3.63) is 35.0 Å². The summed E-state index contributed by atoms with van der Waals surface area (Å²) in [4.78, 5) is 16.7. The Balaban J connectivity index is 1.73. The van der Waals surface area contributed by atoms with Crippen LogP contribution in [-0.4, -0.2) is 43.3 Å². The topological polar surface area (TPSA) is 93.4 Å². The standard InChI is InChI=1S/C12H14N8S/c1-13-10-17-11(15-4-2-9-3-5-21-6-9)19-12(18-10)20-8-14-7-16-20/h3,5-8H,2,4H2,1H3,(H2,13,15,17,18,19). The summed E-state index contributed by atoms with van der Waals surface area (Å²) in [5.74, 6) is 1.41. The van der Waals surface area contributed by atoms with Crippen molar-refractivity contribution in [1.29, 1.82) is 0 Å². The molecule has 0 aliphatic heterocycles. The predicted octanol–water partition coefficient (Wildman–Crippen LogP) is 1.21. The van der Waals surface area contributed by atoms with Crippen molar-refractivity contribution in [2.24, 2.45) is 0 Å². The molecule has 9 heteroatoms. The minimum atomic E-state index is 0.421. The molecule has 0 aromatic carbocycles. The van der Waals surface area contributed by atoms with Crippen LogP contribution in [0, 0.1) is 0 Å². The van der Waals surface area contributed by atoms with Crippen molar-refractivity contribution < 1.29 is 0 Å². The smallest absolute Gasteiger partial charge is 0.258 e. The van der Waals surface area contributed by atoms with E-state index in [1.165, 1.54) is 16.6 Å². The minimum Gasteiger partial charge on any atom is -0.357 e. The van der Waals surface area contributed by atoms with Gasteiger partial charge in [0.25, 0.3) is 5.95 Å². The molecule has 0 radical (unpaired) electrons. The molecule has 2 N–H and O–H groups in total. The molecule has 0 fully saturated rings. The maximum Gasteiger partial charge on any atom is 0.258 e. The Labute approximate surface area is 125 Å². The second kappa shape index (κ2) is 6.27. The van der Waals surface area contributed by atoms with Gasteiger partial charge < -0.3 is 10.6 Å². The molecule has 0 atom stereocenters. The summed E-state index contributed by atoms with van der Waals surface area (Å²) in [7, 11) is 1.76. The Morgan fingerprint density at radius 1 is 1.24 bits per heavy atom. The third kappa shape index (κ3) is 3.31. The SMILES string of the molecule is CNc1nc(NCCc2ccsc2)nc(-n2cncn2)n1. The van der Waals surface area contributed by atoms with Gasteiger partial charge in [-0.3, -0.25) is 0 Å². The van der Waals surface area contributed by atoms with Gasteiger partial charge in [0, 0.05) is 13.6 Å².